The topological polar surface area (TPSA) is 22.4 Å². The Morgan fingerprint density at radius 2 is 1.55 bits per heavy atom. The van der Waals surface area contributed by atoms with Gasteiger partial charge in [-0.3, -0.25) is 0 Å². The van der Waals surface area contributed by atoms with Crippen molar-refractivity contribution in [2.75, 3.05) is 6.61 Å². The molecule has 2 nitrogen and oxygen atoms in total. The smallest absolute Gasteiger partial charge is 0.419 e. The molecule has 2 aromatic carbocycles. The number of furan rings is 1. The maximum Gasteiger partial charge on any atom is 0.419 e. The van der Waals surface area contributed by atoms with Gasteiger partial charge in [-0.25, -0.2) is 4.39 Å². The van der Waals surface area contributed by atoms with Crippen molar-refractivity contribution in [3.8, 4) is 5.75 Å². The Balaban J connectivity index is 2.34. The zero-order chi connectivity index (χ0) is 16.1. The lowest BCUT2D eigenvalue weighted by atomic mass is 10.1. The van der Waals surface area contributed by atoms with Crippen molar-refractivity contribution in [2.24, 2.45) is 0 Å². The summed E-state index contributed by atoms with van der Waals surface area (Å²) in [7, 11) is 0. The number of hydrogen-bond donors (Lipinski definition) is 0. The second-order valence-electron chi connectivity index (χ2n) is 4.51. The van der Waals surface area contributed by atoms with Gasteiger partial charge in [-0.05, 0) is 30.9 Å². The van der Waals surface area contributed by atoms with E-state index in [1.165, 1.54) is 12.1 Å². The van der Waals surface area contributed by atoms with Gasteiger partial charge >= 0.3 is 6.18 Å². The van der Waals surface area contributed by atoms with Crippen LogP contribution in [0.1, 0.15) is 5.56 Å². The first-order chi connectivity index (χ1) is 10.3. The van der Waals surface area contributed by atoms with E-state index in [9.17, 15) is 22.0 Å². The highest BCUT2D eigenvalue weighted by molar-refractivity contribution is 6.05. The molecule has 0 saturated carbocycles. The van der Waals surface area contributed by atoms with Crippen LogP contribution in [-0.2, 0) is 6.18 Å². The maximum atomic E-state index is 14.2. The van der Waals surface area contributed by atoms with Gasteiger partial charge in [0.05, 0.1) is 5.56 Å². The molecule has 7 heteroatoms. The molecule has 0 spiro atoms. The lowest BCUT2D eigenvalue weighted by molar-refractivity contribution is -0.139. The van der Waals surface area contributed by atoms with E-state index in [2.05, 4.69) is 6.92 Å². The van der Waals surface area contributed by atoms with E-state index >= 15 is 0 Å². The minimum Gasteiger partial charge on any atom is -0.523 e. The molecule has 0 fully saturated rings. The molecule has 0 atom stereocenters. The van der Waals surface area contributed by atoms with Crippen molar-refractivity contribution in [3.63, 3.8) is 0 Å². The zero-order valence-corrected chi connectivity index (χ0v) is 10.9. The van der Waals surface area contributed by atoms with Crippen LogP contribution in [0.15, 0.2) is 28.7 Å². The molecule has 0 aliphatic rings. The van der Waals surface area contributed by atoms with E-state index in [-0.39, 0.29) is 28.7 Å². The maximum absolute atomic E-state index is 14.2. The molecule has 116 valence electrons. The third-order valence-electron chi connectivity index (χ3n) is 3.22. The summed E-state index contributed by atoms with van der Waals surface area (Å²) >= 11 is 0. The van der Waals surface area contributed by atoms with Crippen molar-refractivity contribution in [2.45, 2.75) is 6.18 Å². The van der Waals surface area contributed by atoms with E-state index < -0.39 is 29.0 Å². The predicted octanol–water partition coefficient (Wildman–Crippen LogP) is 5.10. The van der Waals surface area contributed by atoms with Crippen LogP contribution in [0.25, 0.3) is 21.9 Å². The van der Waals surface area contributed by atoms with Crippen molar-refractivity contribution < 1.29 is 31.1 Å². The second-order valence-corrected chi connectivity index (χ2v) is 4.51. The van der Waals surface area contributed by atoms with E-state index in [4.69, 9.17) is 9.15 Å². The number of alkyl halides is 3. The summed E-state index contributed by atoms with van der Waals surface area (Å²) in [4.78, 5) is 0. The van der Waals surface area contributed by atoms with Crippen LogP contribution >= 0.6 is 0 Å². The highest BCUT2D eigenvalue weighted by Crippen LogP contribution is 2.39. The van der Waals surface area contributed by atoms with Crippen LogP contribution < -0.4 is 4.74 Å². The molecule has 0 radical (unpaired) electrons. The van der Waals surface area contributed by atoms with Crippen molar-refractivity contribution in [3.05, 3.63) is 48.4 Å². The summed E-state index contributed by atoms with van der Waals surface area (Å²) in [6.07, 6.45) is -4.86. The van der Waals surface area contributed by atoms with E-state index in [0.29, 0.717) is 6.07 Å². The molecule has 0 bridgehead atoms. The lowest BCUT2D eigenvalue weighted by Crippen LogP contribution is -2.07. The molecule has 0 aliphatic heterocycles. The lowest BCUT2D eigenvalue weighted by Gasteiger charge is -2.07. The van der Waals surface area contributed by atoms with E-state index in [0.717, 1.165) is 6.07 Å². The quantitative estimate of drug-likeness (QED) is 0.485. The molecule has 1 aromatic heterocycles. The molecule has 0 amide bonds. The Morgan fingerprint density at radius 1 is 0.955 bits per heavy atom. The first-order valence-corrected chi connectivity index (χ1v) is 6.17. The zero-order valence-electron chi connectivity index (χ0n) is 10.9. The third-order valence-corrected chi connectivity index (χ3v) is 3.22. The molecular formula is C15H8F5O2-. The minimum absolute atomic E-state index is 0.0464. The average Bonchev–Trinajstić information content (AvgIpc) is 2.82. The number of hydrogen-bond acceptors (Lipinski definition) is 2. The number of ether oxygens (including phenoxy) is 1. The van der Waals surface area contributed by atoms with Gasteiger partial charge in [-0.15, -0.1) is 0 Å². The highest BCUT2D eigenvalue weighted by Gasteiger charge is 2.36. The standard InChI is InChI=1S/C15H8F5O2/c1-2-21-10-6-4-8-7-3-5-9(15(18,19)20)11(16)13(7)22-14(8)12(10)17/h3-6H,1-2H2/q-1. The molecule has 0 N–H and O–H groups in total. The number of fused-ring (bicyclic) bond motifs is 3. The van der Waals surface area contributed by atoms with Crippen LogP contribution in [0.5, 0.6) is 5.75 Å². The molecule has 22 heavy (non-hydrogen) atoms. The van der Waals surface area contributed by atoms with Gasteiger partial charge in [0.2, 0.25) is 5.82 Å². The summed E-state index contributed by atoms with van der Waals surface area (Å²) < 4.78 is 76.2. The number of halogens is 5. The van der Waals surface area contributed by atoms with Gasteiger partial charge in [0.1, 0.15) is 0 Å². The van der Waals surface area contributed by atoms with Crippen LogP contribution in [0.4, 0.5) is 22.0 Å². The summed E-state index contributed by atoms with van der Waals surface area (Å²) in [6.45, 7) is 3.35. The molecule has 3 rings (SSSR count). The fraction of sp³-hybridized carbons (Fsp3) is 0.133. The molecular weight excluding hydrogens is 307 g/mol. The number of benzene rings is 2. The molecule has 3 aromatic rings. The van der Waals surface area contributed by atoms with Crippen LogP contribution in [0, 0.1) is 18.6 Å². The average molecular weight is 315 g/mol. The first-order valence-electron chi connectivity index (χ1n) is 6.17. The third kappa shape index (κ3) is 2.08. The Bertz CT molecular complexity index is 864. The molecule has 1 heterocycles. The predicted molar refractivity (Wildman–Crippen MR) is 69.5 cm³/mol. The fourth-order valence-electron chi connectivity index (χ4n) is 2.26. The van der Waals surface area contributed by atoms with Gasteiger partial charge in [0.25, 0.3) is 0 Å². The minimum atomic E-state index is -4.86. The Hall–Kier alpha value is -2.31. The summed E-state index contributed by atoms with van der Waals surface area (Å²) in [5, 5.41) is 0.220. The highest BCUT2D eigenvalue weighted by atomic mass is 19.4. The van der Waals surface area contributed by atoms with Crippen LogP contribution in [0.3, 0.4) is 0 Å². The van der Waals surface area contributed by atoms with Crippen LogP contribution in [-0.4, -0.2) is 6.61 Å². The summed E-state index contributed by atoms with van der Waals surface area (Å²) in [5.74, 6) is -2.65. The van der Waals surface area contributed by atoms with Crippen molar-refractivity contribution in [1.29, 1.82) is 0 Å². The Morgan fingerprint density at radius 3 is 2.14 bits per heavy atom. The van der Waals surface area contributed by atoms with Gasteiger partial charge < -0.3 is 16.1 Å². The summed E-state index contributed by atoms with van der Waals surface area (Å²) in [6, 6.07) is 4.33. The van der Waals surface area contributed by atoms with Gasteiger partial charge in [0.15, 0.2) is 22.7 Å². The Labute approximate surface area is 121 Å². The van der Waals surface area contributed by atoms with E-state index in [1.54, 1.807) is 0 Å². The second kappa shape index (κ2) is 4.86. The Kier molecular flexibility index (Phi) is 3.23. The molecule has 0 aliphatic carbocycles. The van der Waals surface area contributed by atoms with Crippen LogP contribution in [0.2, 0.25) is 0 Å². The normalized spacial score (nSPS) is 12.3. The largest absolute Gasteiger partial charge is 0.523 e. The summed E-state index contributed by atoms with van der Waals surface area (Å²) in [5.41, 5.74) is -2.47. The van der Waals surface area contributed by atoms with Crippen molar-refractivity contribution in [1.82, 2.24) is 0 Å². The monoisotopic (exact) mass is 315 g/mol. The van der Waals surface area contributed by atoms with Gasteiger partial charge in [0, 0.05) is 10.8 Å². The number of rotatable bonds is 2. The fourth-order valence-corrected chi connectivity index (χ4v) is 2.26. The first kappa shape index (κ1) is 14.6. The van der Waals surface area contributed by atoms with Gasteiger partial charge in [-0.1, -0.05) is 0 Å². The van der Waals surface area contributed by atoms with E-state index in [1.807, 2.05) is 0 Å². The molecule has 0 unspecified atom stereocenters. The molecule has 0 saturated heterocycles. The van der Waals surface area contributed by atoms with Crippen molar-refractivity contribution >= 4 is 21.9 Å². The SMILES string of the molecule is [CH2-]COc1ccc2c(oc3c(F)c(C(F)(F)F)ccc32)c1F. The van der Waals surface area contributed by atoms with Gasteiger partial charge in [-0.2, -0.15) is 17.6 Å².